The van der Waals surface area contributed by atoms with E-state index in [2.05, 4.69) is 4.98 Å². The molecule has 6 nitrogen and oxygen atoms in total. The zero-order valence-corrected chi connectivity index (χ0v) is 12.8. The minimum atomic E-state index is -0.595. The average Bonchev–Trinajstić information content (AvgIpc) is 2.59. The fraction of sp³-hybridized carbons (Fsp3) is 0.111. The van der Waals surface area contributed by atoms with E-state index in [0.717, 1.165) is 4.57 Å². The number of nitrogens with zero attached hydrogens (tertiary/aromatic N) is 1. The van der Waals surface area contributed by atoms with Gasteiger partial charge in [-0.05, 0) is 19.1 Å². The summed E-state index contributed by atoms with van der Waals surface area (Å²) < 4.78 is 1.05. The van der Waals surface area contributed by atoms with Crippen LogP contribution in [0.3, 0.4) is 0 Å². The highest BCUT2D eigenvalue weighted by Crippen LogP contribution is 2.30. The van der Waals surface area contributed by atoms with Gasteiger partial charge in [-0.1, -0.05) is 24.3 Å². The van der Waals surface area contributed by atoms with Crippen molar-refractivity contribution < 1.29 is 9.59 Å². The Bertz CT molecular complexity index is 1170. The summed E-state index contributed by atoms with van der Waals surface area (Å²) in [7, 11) is 0. The van der Waals surface area contributed by atoms with E-state index in [1.54, 1.807) is 31.2 Å². The normalized spacial score (nSPS) is 13.0. The first-order chi connectivity index (χ1) is 11.5. The molecule has 1 N–H and O–H groups in total. The maximum Gasteiger partial charge on any atom is 0.328 e. The topological polar surface area (TPSA) is 89.0 Å². The highest BCUT2D eigenvalue weighted by molar-refractivity contribution is 6.31. The van der Waals surface area contributed by atoms with Crippen LogP contribution in [0.1, 0.15) is 38.8 Å². The molecule has 24 heavy (non-hydrogen) atoms. The zero-order chi connectivity index (χ0) is 17.0. The Hall–Kier alpha value is -3.28. The van der Waals surface area contributed by atoms with Gasteiger partial charge in [0.25, 0.3) is 5.56 Å². The number of rotatable bonds is 1. The van der Waals surface area contributed by atoms with Crippen molar-refractivity contribution in [2.24, 2.45) is 0 Å². The van der Waals surface area contributed by atoms with Crippen LogP contribution in [0.4, 0.5) is 0 Å². The van der Waals surface area contributed by atoms with Gasteiger partial charge in [0.05, 0.1) is 16.5 Å². The fourth-order valence-corrected chi connectivity index (χ4v) is 3.19. The maximum atomic E-state index is 12.9. The molecule has 118 valence electrons. The lowest BCUT2D eigenvalue weighted by atomic mass is 9.83. The molecule has 0 amide bonds. The van der Waals surface area contributed by atoms with Gasteiger partial charge in [0, 0.05) is 23.2 Å². The molecular weight excluding hydrogens is 308 g/mol. The number of hydrogen-bond acceptors (Lipinski definition) is 4. The SMILES string of the molecule is CCn1c(=O)[nH]c2c3c(ccc2c1=O)C(=O)c1ccccc1C3=O. The number of benzene rings is 2. The van der Waals surface area contributed by atoms with Gasteiger partial charge in [-0.3, -0.25) is 19.0 Å². The number of ketones is 2. The number of hydrogen-bond donors (Lipinski definition) is 1. The number of carbonyl (C=O) groups excluding carboxylic acids is 2. The van der Waals surface area contributed by atoms with Crippen LogP contribution < -0.4 is 11.2 Å². The Balaban J connectivity index is 2.16. The molecule has 3 aromatic rings. The van der Waals surface area contributed by atoms with Crippen molar-refractivity contribution in [1.82, 2.24) is 9.55 Å². The Morgan fingerprint density at radius 1 is 0.875 bits per heavy atom. The Morgan fingerprint density at radius 3 is 2.21 bits per heavy atom. The minimum absolute atomic E-state index is 0.0913. The molecule has 1 aromatic heterocycles. The predicted octanol–water partition coefficient (Wildman–Crippen LogP) is 1.49. The van der Waals surface area contributed by atoms with Gasteiger partial charge >= 0.3 is 5.69 Å². The summed E-state index contributed by atoms with van der Waals surface area (Å²) in [4.78, 5) is 52.7. The Kier molecular flexibility index (Phi) is 2.90. The van der Waals surface area contributed by atoms with Crippen molar-refractivity contribution >= 4 is 22.5 Å². The van der Waals surface area contributed by atoms with E-state index < -0.39 is 11.2 Å². The second-order valence-electron chi connectivity index (χ2n) is 5.59. The highest BCUT2D eigenvalue weighted by atomic mass is 16.2. The average molecular weight is 320 g/mol. The quantitative estimate of drug-likeness (QED) is 0.575. The van der Waals surface area contributed by atoms with Crippen LogP contribution in [0.2, 0.25) is 0 Å². The number of aromatic nitrogens is 2. The van der Waals surface area contributed by atoms with Gasteiger partial charge in [0.1, 0.15) is 0 Å². The van der Waals surface area contributed by atoms with Crippen molar-refractivity contribution in [3.8, 4) is 0 Å². The van der Waals surface area contributed by atoms with Crippen LogP contribution >= 0.6 is 0 Å². The van der Waals surface area contributed by atoms with Crippen LogP contribution in [0.25, 0.3) is 10.9 Å². The molecule has 2 aromatic carbocycles. The molecular formula is C18H12N2O4. The summed E-state index contributed by atoms with van der Waals surface area (Å²) in [6, 6.07) is 9.50. The van der Waals surface area contributed by atoms with E-state index in [1.807, 2.05) is 0 Å². The molecule has 0 radical (unpaired) electrons. The largest absolute Gasteiger partial charge is 0.328 e. The van der Waals surface area contributed by atoms with E-state index in [-0.39, 0.29) is 45.7 Å². The van der Waals surface area contributed by atoms with Crippen molar-refractivity contribution in [3.05, 3.63) is 79.5 Å². The molecule has 4 rings (SSSR count). The van der Waals surface area contributed by atoms with Gasteiger partial charge in [0.2, 0.25) is 0 Å². The van der Waals surface area contributed by atoms with Crippen LogP contribution in [0.15, 0.2) is 46.0 Å². The molecule has 0 saturated carbocycles. The van der Waals surface area contributed by atoms with E-state index >= 15 is 0 Å². The van der Waals surface area contributed by atoms with Gasteiger partial charge in [0.15, 0.2) is 11.6 Å². The summed E-state index contributed by atoms with van der Waals surface area (Å²) >= 11 is 0. The molecule has 1 aliphatic carbocycles. The molecule has 0 fully saturated rings. The van der Waals surface area contributed by atoms with Crippen molar-refractivity contribution in [1.29, 1.82) is 0 Å². The fourth-order valence-electron chi connectivity index (χ4n) is 3.19. The second-order valence-corrected chi connectivity index (χ2v) is 5.59. The van der Waals surface area contributed by atoms with E-state index in [0.29, 0.717) is 5.56 Å². The van der Waals surface area contributed by atoms with Crippen LogP contribution in [0.5, 0.6) is 0 Å². The summed E-state index contributed by atoms with van der Waals surface area (Å²) in [5.74, 6) is -0.655. The third-order valence-corrected chi connectivity index (χ3v) is 4.36. The number of aromatic amines is 1. The van der Waals surface area contributed by atoms with E-state index in [9.17, 15) is 19.2 Å². The van der Waals surface area contributed by atoms with E-state index in [4.69, 9.17) is 0 Å². The number of carbonyl (C=O) groups is 2. The lowest BCUT2D eigenvalue weighted by molar-refractivity contribution is 0.0980. The number of fused-ring (bicyclic) bond motifs is 4. The predicted molar refractivity (Wildman–Crippen MR) is 87.8 cm³/mol. The van der Waals surface area contributed by atoms with Crippen molar-refractivity contribution in [3.63, 3.8) is 0 Å². The molecule has 1 aliphatic rings. The molecule has 0 spiro atoms. The summed E-state index contributed by atoms with van der Waals surface area (Å²) in [6.07, 6.45) is 0. The summed E-state index contributed by atoms with van der Waals surface area (Å²) in [5, 5.41) is 0.218. The minimum Gasteiger partial charge on any atom is -0.306 e. The standard InChI is InChI=1S/C18H12N2O4/c1-2-20-17(23)12-8-7-11-13(14(12)19-18(20)24)16(22)10-6-4-3-5-9(10)15(11)21/h3-8H,2H2,1H3,(H,19,24). The summed E-state index contributed by atoms with van der Waals surface area (Å²) in [6.45, 7) is 1.91. The lowest BCUT2D eigenvalue weighted by Crippen LogP contribution is -2.35. The Morgan fingerprint density at radius 2 is 1.54 bits per heavy atom. The molecule has 1 heterocycles. The smallest absolute Gasteiger partial charge is 0.306 e. The highest BCUT2D eigenvalue weighted by Gasteiger charge is 2.31. The second kappa shape index (κ2) is 4.86. The van der Waals surface area contributed by atoms with Crippen LogP contribution in [-0.4, -0.2) is 21.1 Å². The van der Waals surface area contributed by atoms with Crippen molar-refractivity contribution in [2.45, 2.75) is 13.5 Å². The van der Waals surface area contributed by atoms with E-state index in [1.165, 1.54) is 12.1 Å². The molecule has 0 unspecified atom stereocenters. The van der Waals surface area contributed by atoms with Gasteiger partial charge in [-0.15, -0.1) is 0 Å². The number of nitrogens with one attached hydrogen (secondary N) is 1. The summed E-state index contributed by atoms with van der Waals surface area (Å²) in [5.41, 5.74) is -0.0357. The van der Waals surface area contributed by atoms with Crippen LogP contribution in [-0.2, 0) is 6.54 Å². The third-order valence-electron chi connectivity index (χ3n) is 4.36. The molecule has 0 bridgehead atoms. The maximum absolute atomic E-state index is 12.9. The van der Waals surface area contributed by atoms with Gasteiger partial charge in [-0.25, -0.2) is 4.79 Å². The zero-order valence-electron chi connectivity index (χ0n) is 12.8. The first-order valence-electron chi connectivity index (χ1n) is 7.53. The third kappa shape index (κ3) is 1.70. The molecule has 0 atom stereocenters. The molecule has 0 saturated heterocycles. The van der Waals surface area contributed by atoms with Crippen molar-refractivity contribution in [2.75, 3.05) is 0 Å². The molecule has 0 aliphatic heterocycles. The Labute approximate surface area is 135 Å². The first kappa shape index (κ1) is 14.3. The lowest BCUT2D eigenvalue weighted by Gasteiger charge is -2.18. The first-order valence-corrected chi connectivity index (χ1v) is 7.53. The van der Waals surface area contributed by atoms with Gasteiger partial charge < -0.3 is 4.98 Å². The monoisotopic (exact) mass is 320 g/mol. The van der Waals surface area contributed by atoms with Crippen LogP contribution in [0, 0.1) is 0 Å². The molecule has 6 heteroatoms. The number of H-pyrrole nitrogens is 1. The van der Waals surface area contributed by atoms with Gasteiger partial charge in [-0.2, -0.15) is 0 Å².